The zero-order valence-corrected chi connectivity index (χ0v) is 36.7. The predicted octanol–water partition coefficient (Wildman–Crippen LogP) is 15.2. The molecule has 7 heteroatoms. The largest absolute Gasteiger partial charge is 0.265 e. The second-order valence-corrected chi connectivity index (χ2v) is 10.6. The summed E-state index contributed by atoms with van der Waals surface area (Å²) in [5.41, 5.74) is 11.7. The van der Waals surface area contributed by atoms with Crippen LogP contribution in [0.15, 0.2) is 146 Å². The van der Waals surface area contributed by atoms with E-state index >= 15 is 0 Å². The Labute approximate surface area is 342 Å². The Hall–Kier alpha value is -5.59. The van der Waals surface area contributed by atoms with Gasteiger partial charge in [-0.1, -0.05) is 167 Å². The number of pyridine rings is 4. The molecule has 0 N–H and O–H groups in total. The van der Waals surface area contributed by atoms with E-state index < -0.39 is 0 Å². The summed E-state index contributed by atoms with van der Waals surface area (Å²) < 4.78 is 3.79. The lowest BCUT2D eigenvalue weighted by Crippen LogP contribution is -1.91. The first-order valence-electron chi connectivity index (χ1n) is 20.3. The van der Waals surface area contributed by atoms with Gasteiger partial charge in [0.1, 0.15) is 16.5 Å². The van der Waals surface area contributed by atoms with Crippen molar-refractivity contribution >= 4 is 22.6 Å². The van der Waals surface area contributed by atoms with E-state index in [9.17, 15) is 0 Å². The Morgan fingerprint density at radius 2 is 0.732 bits per heavy atom. The quantitative estimate of drug-likeness (QED) is 0.167. The van der Waals surface area contributed by atoms with Gasteiger partial charge in [-0.15, -0.1) is 0 Å². The molecule has 8 rings (SSSR count). The summed E-state index contributed by atoms with van der Waals surface area (Å²) in [5, 5.41) is 10.2. The fraction of sp³-hybridized carbons (Fsp3) is 0.265. The molecular weight excluding hydrogens is 708 g/mol. The first-order valence-corrected chi connectivity index (χ1v) is 20.6. The molecule has 0 aliphatic heterocycles. The molecule has 0 bridgehead atoms. The van der Waals surface area contributed by atoms with E-state index in [2.05, 4.69) is 59.4 Å². The normalized spacial score (nSPS) is 9.25. The first kappa shape index (κ1) is 48.4. The number of halogens is 1. The van der Waals surface area contributed by atoms with Crippen LogP contribution in [-0.4, -0.2) is 29.2 Å². The maximum absolute atomic E-state index is 6.31. The molecule has 0 atom stereocenters. The van der Waals surface area contributed by atoms with Gasteiger partial charge in [-0.05, 0) is 66.6 Å². The summed E-state index contributed by atoms with van der Waals surface area (Å²) >= 11 is 6.31. The molecule has 0 radical (unpaired) electrons. The fourth-order valence-corrected chi connectivity index (χ4v) is 5.64. The van der Waals surface area contributed by atoms with Crippen molar-refractivity contribution in [2.45, 2.75) is 90.0 Å². The number of nitrogens with zero attached hydrogens (tertiary/aromatic N) is 6. The average Bonchev–Trinajstić information content (AvgIpc) is 3.91. The van der Waals surface area contributed by atoms with Crippen molar-refractivity contribution in [3.8, 4) is 44.8 Å². The summed E-state index contributed by atoms with van der Waals surface area (Å²) in [5.74, 6) is 0. The van der Waals surface area contributed by atoms with Gasteiger partial charge in [-0.2, -0.15) is 10.2 Å². The summed E-state index contributed by atoms with van der Waals surface area (Å²) in [6.45, 7) is 26.1. The van der Waals surface area contributed by atoms with Crippen molar-refractivity contribution in [3.05, 3.63) is 157 Å². The molecular formula is C49H63ClN6. The molecule has 0 aliphatic rings. The number of hydrogen-bond acceptors (Lipinski definition) is 4. The molecule has 0 saturated carbocycles. The Morgan fingerprint density at radius 1 is 0.375 bits per heavy atom. The van der Waals surface area contributed by atoms with Crippen LogP contribution in [0, 0.1) is 6.92 Å². The molecule has 0 amide bonds. The Morgan fingerprint density at radius 3 is 1.14 bits per heavy atom. The highest BCUT2D eigenvalue weighted by Crippen LogP contribution is 2.37. The smallest absolute Gasteiger partial charge is 0.131 e. The second kappa shape index (κ2) is 27.9. The third-order valence-electron chi connectivity index (χ3n) is 7.49. The van der Waals surface area contributed by atoms with Crippen LogP contribution in [0.3, 0.4) is 0 Å². The number of aryl methyl sites for hydroxylation is 1. The molecule has 8 aromatic rings. The molecule has 0 unspecified atom stereocenters. The average molecular weight is 772 g/mol. The molecule has 0 saturated heterocycles. The number of fused-ring (bicyclic) bond motifs is 2. The zero-order chi connectivity index (χ0) is 41.9. The van der Waals surface area contributed by atoms with E-state index in [-0.39, 0.29) is 0 Å². The zero-order valence-electron chi connectivity index (χ0n) is 35.9. The Kier molecular flexibility index (Phi) is 24.1. The van der Waals surface area contributed by atoms with Crippen molar-refractivity contribution in [2.75, 3.05) is 0 Å². The van der Waals surface area contributed by atoms with Gasteiger partial charge in [-0.25, -0.2) is 9.03 Å². The lowest BCUT2D eigenvalue weighted by atomic mass is 10.0. The molecule has 2 aromatic carbocycles. The van der Waals surface area contributed by atoms with Crippen molar-refractivity contribution in [1.82, 2.24) is 29.2 Å². The minimum absolute atomic E-state index is 0.593. The maximum Gasteiger partial charge on any atom is 0.131 e. The molecule has 0 spiro atoms. The lowest BCUT2D eigenvalue weighted by molar-refractivity contribution is 0.918. The highest BCUT2D eigenvalue weighted by Gasteiger charge is 2.18. The highest BCUT2D eigenvalue weighted by molar-refractivity contribution is 6.29. The lowest BCUT2D eigenvalue weighted by Gasteiger charge is -2.03. The Balaban J connectivity index is 0.000000443. The van der Waals surface area contributed by atoms with Crippen LogP contribution in [0.2, 0.25) is 5.15 Å². The van der Waals surface area contributed by atoms with Gasteiger partial charge in [0.25, 0.3) is 0 Å². The SMILES string of the molecule is CC.CC.CC.CC.CC.CC.Cc1cccc2c(-c3ccncc3)c(-c3ccccc3)nn12.Clc1cccc2c(-c3ccncc3)c(-c3ccccc3)nn12. The minimum Gasteiger partial charge on any atom is -0.265 e. The first-order chi connectivity index (χ1) is 27.7. The van der Waals surface area contributed by atoms with Gasteiger partial charge >= 0.3 is 0 Å². The summed E-state index contributed by atoms with van der Waals surface area (Å²) in [7, 11) is 0. The maximum atomic E-state index is 6.31. The van der Waals surface area contributed by atoms with Gasteiger partial charge in [0.05, 0.1) is 11.0 Å². The van der Waals surface area contributed by atoms with Crippen LogP contribution in [0.5, 0.6) is 0 Å². The molecule has 0 fully saturated rings. The van der Waals surface area contributed by atoms with Gasteiger partial charge in [0.2, 0.25) is 0 Å². The fourth-order valence-electron chi connectivity index (χ4n) is 5.44. The van der Waals surface area contributed by atoms with E-state index in [0.717, 1.165) is 61.5 Å². The topological polar surface area (TPSA) is 60.4 Å². The predicted molar refractivity (Wildman–Crippen MR) is 246 cm³/mol. The van der Waals surface area contributed by atoms with Crippen LogP contribution in [0.4, 0.5) is 0 Å². The van der Waals surface area contributed by atoms with Crippen LogP contribution in [-0.2, 0) is 0 Å². The molecule has 0 aliphatic carbocycles. The summed E-state index contributed by atoms with van der Waals surface area (Å²) in [6.07, 6.45) is 7.23. The standard InChI is InChI=1S/C19H15N3.C18H12ClN3.6C2H6/c1-14-6-5-9-17-18(15-10-12-20-13-11-15)19(21-22(14)17)16-7-3-2-4-8-16;19-16-8-4-7-15-17(13-9-11-20-12-10-13)18(21-22(15)16)14-5-2-1-3-6-14;6*1-2/h2-13H,1H3;1-12H;6*1-2H3. The van der Waals surface area contributed by atoms with Crippen LogP contribution in [0.1, 0.15) is 88.8 Å². The van der Waals surface area contributed by atoms with Crippen molar-refractivity contribution in [1.29, 1.82) is 0 Å². The summed E-state index contributed by atoms with van der Waals surface area (Å²) in [4.78, 5) is 8.23. The van der Waals surface area contributed by atoms with Gasteiger partial charge in [0.15, 0.2) is 0 Å². The third-order valence-corrected chi connectivity index (χ3v) is 7.78. The number of benzene rings is 2. The second-order valence-electron chi connectivity index (χ2n) is 10.3. The Bertz CT molecular complexity index is 2020. The molecule has 6 nitrogen and oxygen atoms in total. The highest BCUT2D eigenvalue weighted by atomic mass is 35.5. The monoisotopic (exact) mass is 770 g/mol. The number of rotatable bonds is 4. The van der Waals surface area contributed by atoms with Crippen molar-refractivity contribution < 1.29 is 0 Å². The molecule has 56 heavy (non-hydrogen) atoms. The van der Waals surface area contributed by atoms with Crippen molar-refractivity contribution in [3.63, 3.8) is 0 Å². The number of aromatic nitrogens is 6. The van der Waals surface area contributed by atoms with E-state index in [4.69, 9.17) is 21.8 Å². The summed E-state index contributed by atoms with van der Waals surface area (Å²) in [6, 6.07) is 40.6. The van der Waals surface area contributed by atoms with Crippen molar-refractivity contribution in [2.24, 2.45) is 0 Å². The van der Waals surface area contributed by atoms with Gasteiger partial charge < -0.3 is 0 Å². The number of hydrogen-bond donors (Lipinski definition) is 0. The van der Waals surface area contributed by atoms with Crippen LogP contribution in [0.25, 0.3) is 55.8 Å². The third kappa shape index (κ3) is 12.2. The van der Waals surface area contributed by atoms with Gasteiger partial charge in [0, 0.05) is 52.7 Å². The van der Waals surface area contributed by atoms with E-state index in [1.54, 1.807) is 16.9 Å². The van der Waals surface area contributed by atoms with Crippen LogP contribution < -0.4 is 0 Å². The van der Waals surface area contributed by atoms with E-state index in [0.29, 0.717) is 5.15 Å². The minimum atomic E-state index is 0.593. The molecule has 6 aromatic heterocycles. The van der Waals surface area contributed by atoms with E-state index in [1.807, 2.05) is 179 Å². The van der Waals surface area contributed by atoms with Gasteiger partial charge in [-0.3, -0.25) is 9.97 Å². The van der Waals surface area contributed by atoms with Crippen LogP contribution >= 0.6 is 11.6 Å². The molecule has 296 valence electrons. The van der Waals surface area contributed by atoms with E-state index in [1.165, 1.54) is 0 Å². The molecule has 6 heterocycles.